The molecule has 7 nitrogen and oxygen atoms in total. The van der Waals surface area contributed by atoms with Crippen molar-refractivity contribution >= 4 is 0 Å². The quantitative estimate of drug-likeness (QED) is 0.442. The van der Waals surface area contributed by atoms with E-state index in [2.05, 4.69) is 0 Å². The van der Waals surface area contributed by atoms with Crippen LogP contribution in [0.15, 0.2) is 0 Å². The van der Waals surface area contributed by atoms with Gasteiger partial charge in [-0.2, -0.15) is 0 Å². The Morgan fingerprint density at radius 3 is 2.13 bits per heavy atom. The van der Waals surface area contributed by atoms with Gasteiger partial charge in [-0.05, 0) is 13.3 Å². The van der Waals surface area contributed by atoms with Gasteiger partial charge in [0.05, 0.1) is 37.1 Å². The van der Waals surface area contributed by atoms with Gasteiger partial charge in [-0.25, -0.2) is 0 Å². The molecule has 1 saturated heterocycles. The van der Waals surface area contributed by atoms with Gasteiger partial charge in [0.25, 0.3) is 0 Å². The van der Waals surface area contributed by atoms with E-state index < -0.39 is 42.5 Å². The van der Waals surface area contributed by atoms with Crippen LogP contribution in [0.3, 0.4) is 0 Å². The van der Waals surface area contributed by atoms with Crippen LogP contribution in [0.5, 0.6) is 0 Å². The van der Waals surface area contributed by atoms with Crippen LogP contribution < -0.4 is 0 Å². The van der Waals surface area contributed by atoms with Crippen molar-refractivity contribution in [3.05, 3.63) is 0 Å². The molecule has 5 N–H and O–H groups in total. The summed E-state index contributed by atoms with van der Waals surface area (Å²) in [7, 11) is 0. The first-order valence-corrected chi connectivity index (χ1v) is 8.38. The Morgan fingerprint density at radius 2 is 1.57 bits per heavy atom. The summed E-state index contributed by atoms with van der Waals surface area (Å²) >= 11 is 0. The zero-order valence-electron chi connectivity index (χ0n) is 13.9. The summed E-state index contributed by atoms with van der Waals surface area (Å²) in [5.41, 5.74) is 0. The van der Waals surface area contributed by atoms with Crippen LogP contribution in [0.4, 0.5) is 0 Å². The van der Waals surface area contributed by atoms with E-state index in [1.807, 2.05) is 13.8 Å². The molecule has 1 saturated carbocycles. The molecule has 2 rings (SSSR count). The fraction of sp³-hybridized carbons (Fsp3) is 1.00. The average Bonchev–Trinajstić information content (AvgIpc) is 2.55. The van der Waals surface area contributed by atoms with E-state index in [9.17, 15) is 25.5 Å². The first-order valence-electron chi connectivity index (χ1n) is 8.38. The summed E-state index contributed by atoms with van der Waals surface area (Å²) in [6.45, 7) is 4.96. The van der Waals surface area contributed by atoms with E-state index in [4.69, 9.17) is 9.47 Å². The van der Waals surface area contributed by atoms with Crippen molar-refractivity contribution in [1.29, 1.82) is 0 Å². The van der Waals surface area contributed by atoms with Gasteiger partial charge in [-0.1, -0.05) is 13.8 Å². The zero-order chi connectivity index (χ0) is 17.3. The lowest BCUT2D eigenvalue weighted by Gasteiger charge is -2.47. The number of rotatable bonds is 4. The first kappa shape index (κ1) is 19.1. The van der Waals surface area contributed by atoms with Crippen molar-refractivity contribution in [2.24, 2.45) is 17.8 Å². The predicted octanol–water partition coefficient (Wildman–Crippen LogP) is -1.11. The minimum atomic E-state index is -1.00. The minimum Gasteiger partial charge on any atom is -0.396 e. The highest BCUT2D eigenvalue weighted by Crippen LogP contribution is 2.35. The molecule has 136 valence electrons. The third kappa shape index (κ3) is 3.71. The second kappa shape index (κ2) is 7.74. The summed E-state index contributed by atoms with van der Waals surface area (Å²) in [6.07, 6.45) is -4.39. The Morgan fingerprint density at radius 1 is 0.913 bits per heavy atom. The van der Waals surface area contributed by atoms with Crippen LogP contribution in [0.1, 0.15) is 27.2 Å². The summed E-state index contributed by atoms with van der Waals surface area (Å²) in [5.74, 6) is -0.975. The minimum absolute atomic E-state index is 0.147. The molecule has 1 heterocycles. The molecular weight excluding hydrogens is 304 g/mol. The van der Waals surface area contributed by atoms with Crippen molar-refractivity contribution in [2.45, 2.75) is 69.9 Å². The van der Waals surface area contributed by atoms with Gasteiger partial charge >= 0.3 is 0 Å². The fourth-order valence-electron chi connectivity index (χ4n) is 3.62. The average molecular weight is 334 g/mol. The molecule has 4 unspecified atom stereocenters. The predicted molar refractivity (Wildman–Crippen MR) is 81.6 cm³/mol. The molecule has 1 aliphatic heterocycles. The molecule has 0 bridgehead atoms. The van der Waals surface area contributed by atoms with Gasteiger partial charge < -0.3 is 35.0 Å². The molecule has 7 heteroatoms. The van der Waals surface area contributed by atoms with Crippen molar-refractivity contribution < 1.29 is 35.0 Å². The molecule has 1 aliphatic carbocycles. The van der Waals surface area contributed by atoms with E-state index in [0.29, 0.717) is 6.42 Å². The van der Waals surface area contributed by atoms with Crippen molar-refractivity contribution in [3.63, 3.8) is 0 Å². The summed E-state index contributed by atoms with van der Waals surface area (Å²) < 4.78 is 11.7. The van der Waals surface area contributed by atoms with Gasteiger partial charge in [0.1, 0.15) is 12.2 Å². The third-order valence-corrected chi connectivity index (χ3v) is 5.61. The topological polar surface area (TPSA) is 120 Å². The molecule has 0 aromatic rings. The lowest BCUT2D eigenvalue weighted by Crippen LogP contribution is -2.58. The first-order chi connectivity index (χ1) is 10.8. The zero-order valence-corrected chi connectivity index (χ0v) is 13.9. The van der Waals surface area contributed by atoms with Crippen LogP contribution >= 0.6 is 0 Å². The van der Waals surface area contributed by atoms with Crippen LogP contribution in [-0.2, 0) is 9.47 Å². The number of hydrogen-bond acceptors (Lipinski definition) is 7. The molecule has 23 heavy (non-hydrogen) atoms. The molecule has 0 amide bonds. The lowest BCUT2D eigenvalue weighted by molar-refractivity contribution is -0.248. The van der Waals surface area contributed by atoms with E-state index in [1.165, 1.54) is 0 Å². The smallest absolute Gasteiger partial charge is 0.112 e. The lowest BCUT2D eigenvalue weighted by atomic mass is 9.76. The number of hydrogen-bond donors (Lipinski definition) is 5. The van der Waals surface area contributed by atoms with E-state index in [-0.39, 0.29) is 31.2 Å². The molecule has 10 atom stereocenters. The summed E-state index contributed by atoms with van der Waals surface area (Å²) in [4.78, 5) is 0. The molecule has 2 fully saturated rings. The Balaban J connectivity index is 2.11. The van der Waals surface area contributed by atoms with Crippen LogP contribution in [0.2, 0.25) is 0 Å². The number of aliphatic hydroxyl groups excluding tert-OH is 5. The highest BCUT2D eigenvalue weighted by Gasteiger charge is 2.47. The SMILES string of the molecule is C[C@@H]1OC(CO)[C@@H](O[C@@H]2CC(CO)[C@@H](O)C(O)[C@@H]2C)C(O)[C@@H]1C. The van der Waals surface area contributed by atoms with Gasteiger partial charge in [-0.15, -0.1) is 0 Å². The second-order valence-electron chi connectivity index (χ2n) is 7.07. The van der Waals surface area contributed by atoms with Crippen LogP contribution in [-0.4, -0.2) is 81.5 Å². The standard InChI is InChI=1S/C16H30O7/c1-7-9(3)22-12(6-18)16(14(7)20)23-11-4-10(5-17)15(21)13(19)8(11)2/h7-21H,4-6H2,1-3H3/t7-,8-,9+,10?,11-,12?,13?,14?,15-,16-/m1/s1. The molecule has 2 aliphatic rings. The maximum atomic E-state index is 10.5. The largest absolute Gasteiger partial charge is 0.396 e. The maximum Gasteiger partial charge on any atom is 0.112 e. The summed E-state index contributed by atoms with van der Waals surface area (Å²) in [6, 6.07) is 0. The Kier molecular flexibility index (Phi) is 6.41. The van der Waals surface area contributed by atoms with Crippen molar-refractivity contribution in [3.8, 4) is 0 Å². The van der Waals surface area contributed by atoms with Gasteiger partial charge in [0.15, 0.2) is 0 Å². The molecular formula is C16H30O7. The highest BCUT2D eigenvalue weighted by molar-refractivity contribution is 4.95. The maximum absolute atomic E-state index is 10.5. The molecule has 0 spiro atoms. The molecule has 0 radical (unpaired) electrons. The van der Waals surface area contributed by atoms with Crippen LogP contribution in [0, 0.1) is 17.8 Å². The van der Waals surface area contributed by atoms with E-state index >= 15 is 0 Å². The van der Waals surface area contributed by atoms with Gasteiger partial charge in [0, 0.05) is 24.4 Å². The van der Waals surface area contributed by atoms with Gasteiger partial charge in [-0.3, -0.25) is 0 Å². The Hall–Kier alpha value is -0.280. The Bertz CT molecular complexity index is 375. The summed E-state index contributed by atoms with van der Waals surface area (Å²) in [5, 5.41) is 49.5. The number of ether oxygens (including phenoxy) is 2. The molecule has 0 aromatic carbocycles. The van der Waals surface area contributed by atoms with Crippen molar-refractivity contribution in [2.75, 3.05) is 13.2 Å². The van der Waals surface area contributed by atoms with Gasteiger partial charge in [0.2, 0.25) is 0 Å². The highest BCUT2D eigenvalue weighted by atomic mass is 16.6. The normalized spacial score (nSPS) is 51.7. The number of aliphatic hydroxyl groups is 5. The Labute approximate surface area is 136 Å². The van der Waals surface area contributed by atoms with E-state index in [1.54, 1.807) is 6.92 Å². The molecule has 0 aromatic heterocycles. The monoisotopic (exact) mass is 334 g/mol. The van der Waals surface area contributed by atoms with E-state index in [0.717, 1.165) is 0 Å². The third-order valence-electron chi connectivity index (χ3n) is 5.61. The second-order valence-corrected chi connectivity index (χ2v) is 7.07. The fourth-order valence-corrected chi connectivity index (χ4v) is 3.62. The van der Waals surface area contributed by atoms with Crippen molar-refractivity contribution in [1.82, 2.24) is 0 Å². The van der Waals surface area contributed by atoms with Crippen LogP contribution in [0.25, 0.3) is 0 Å².